The summed E-state index contributed by atoms with van der Waals surface area (Å²) >= 11 is 0. The lowest BCUT2D eigenvalue weighted by Gasteiger charge is -2.15. The van der Waals surface area contributed by atoms with Gasteiger partial charge in [-0.25, -0.2) is 0 Å². The summed E-state index contributed by atoms with van der Waals surface area (Å²) in [6.45, 7) is 2.31. The van der Waals surface area contributed by atoms with E-state index in [9.17, 15) is 4.79 Å². The van der Waals surface area contributed by atoms with Gasteiger partial charge >= 0.3 is 0 Å². The van der Waals surface area contributed by atoms with E-state index in [1.54, 1.807) is 31.4 Å². The Balaban J connectivity index is 2.44. The lowest BCUT2D eigenvalue weighted by molar-refractivity contribution is 0.112. The molecule has 0 aliphatic rings. The molecule has 2 aromatic rings. The van der Waals surface area contributed by atoms with E-state index in [1.807, 2.05) is 19.1 Å². The molecule has 0 radical (unpaired) electrons. The van der Waals surface area contributed by atoms with Gasteiger partial charge < -0.3 is 18.9 Å². The lowest BCUT2D eigenvalue weighted by Crippen LogP contribution is -2.00. The Morgan fingerprint density at radius 3 is 2.36 bits per heavy atom. The molecule has 0 saturated heterocycles. The number of benzene rings is 2. The molecule has 0 fully saturated rings. The van der Waals surface area contributed by atoms with Crippen LogP contribution in [0.15, 0.2) is 36.4 Å². The summed E-state index contributed by atoms with van der Waals surface area (Å²) < 4.78 is 21.9. The maximum atomic E-state index is 11.1. The minimum Gasteiger partial charge on any atom is -0.497 e. The highest BCUT2D eigenvalue weighted by molar-refractivity contribution is 5.78. The molecule has 0 aliphatic heterocycles. The monoisotopic (exact) mass is 302 g/mol. The van der Waals surface area contributed by atoms with Crippen molar-refractivity contribution in [1.82, 2.24) is 0 Å². The zero-order valence-electron chi connectivity index (χ0n) is 12.8. The topological polar surface area (TPSA) is 54.0 Å². The van der Waals surface area contributed by atoms with Crippen molar-refractivity contribution in [2.45, 2.75) is 6.92 Å². The highest BCUT2D eigenvalue weighted by atomic mass is 16.5. The Morgan fingerprint density at radius 2 is 1.73 bits per heavy atom. The van der Waals surface area contributed by atoms with Crippen LogP contribution in [0.1, 0.15) is 17.3 Å². The molecule has 5 nitrogen and oxygen atoms in total. The van der Waals surface area contributed by atoms with Crippen LogP contribution in [0.4, 0.5) is 0 Å². The van der Waals surface area contributed by atoms with Gasteiger partial charge in [0.15, 0.2) is 11.5 Å². The van der Waals surface area contributed by atoms with E-state index in [0.717, 1.165) is 6.29 Å². The van der Waals surface area contributed by atoms with Gasteiger partial charge in [0.2, 0.25) is 5.75 Å². The van der Waals surface area contributed by atoms with Crippen molar-refractivity contribution in [2.24, 2.45) is 0 Å². The van der Waals surface area contributed by atoms with Crippen molar-refractivity contribution in [2.75, 3.05) is 20.8 Å². The maximum Gasteiger partial charge on any atom is 0.204 e. The van der Waals surface area contributed by atoms with Crippen molar-refractivity contribution in [3.63, 3.8) is 0 Å². The first-order valence-electron chi connectivity index (χ1n) is 6.83. The van der Waals surface area contributed by atoms with Crippen LogP contribution in [0.2, 0.25) is 0 Å². The zero-order valence-corrected chi connectivity index (χ0v) is 12.8. The van der Waals surface area contributed by atoms with Gasteiger partial charge in [0, 0.05) is 11.6 Å². The fourth-order valence-corrected chi connectivity index (χ4v) is 1.97. The summed E-state index contributed by atoms with van der Waals surface area (Å²) in [5, 5.41) is 0. The number of ether oxygens (including phenoxy) is 4. The van der Waals surface area contributed by atoms with Gasteiger partial charge in [0.05, 0.1) is 20.8 Å². The Hall–Kier alpha value is -2.69. The first-order valence-corrected chi connectivity index (χ1v) is 6.83. The Kier molecular flexibility index (Phi) is 5.25. The minimum absolute atomic E-state index is 0.413. The number of hydrogen-bond acceptors (Lipinski definition) is 5. The predicted molar refractivity (Wildman–Crippen MR) is 82.6 cm³/mol. The molecular weight excluding hydrogens is 284 g/mol. The fraction of sp³-hybridized carbons (Fsp3) is 0.235. The van der Waals surface area contributed by atoms with E-state index < -0.39 is 0 Å². The van der Waals surface area contributed by atoms with Gasteiger partial charge in [-0.1, -0.05) is 6.07 Å². The van der Waals surface area contributed by atoms with Gasteiger partial charge in [0.1, 0.15) is 17.8 Å². The summed E-state index contributed by atoms with van der Waals surface area (Å²) in [5.74, 6) is 2.57. The van der Waals surface area contributed by atoms with Crippen LogP contribution >= 0.6 is 0 Å². The second-order valence-corrected chi connectivity index (χ2v) is 4.38. The lowest BCUT2D eigenvalue weighted by atomic mass is 10.2. The number of aldehydes is 1. The van der Waals surface area contributed by atoms with E-state index in [0.29, 0.717) is 40.9 Å². The third kappa shape index (κ3) is 3.49. The van der Waals surface area contributed by atoms with E-state index >= 15 is 0 Å². The predicted octanol–water partition coefficient (Wildman–Crippen LogP) is 3.71. The van der Waals surface area contributed by atoms with Gasteiger partial charge in [-0.15, -0.1) is 0 Å². The van der Waals surface area contributed by atoms with Crippen molar-refractivity contribution in [1.29, 1.82) is 0 Å². The Bertz CT molecular complexity index is 651. The van der Waals surface area contributed by atoms with E-state index in [4.69, 9.17) is 18.9 Å². The van der Waals surface area contributed by atoms with Crippen molar-refractivity contribution >= 4 is 6.29 Å². The normalized spacial score (nSPS) is 9.95. The van der Waals surface area contributed by atoms with Crippen LogP contribution in [-0.2, 0) is 0 Å². The minimum atomic E-state index is 0.413. The number of carbonyl (C=O) groups excluding carboxylic acids is 1. The number of methoxy groups -OCH3 is 2. The van der Waals surface area contributed by atoms with Crippen LogP contribution in [0.3, 0.4) is 0 Å². The first-order chi connectivity index (χ1) is 10.7. The standard InChI is InChI=1S/C17H18O5/c1-4-21-17-15(20-3)8-12(11-18)9-16(17)22-14-7-5-6-13(10-14)19-2/h5-11H,4H2,1-3H3. The Labute approximate surface area is 129 Å². The van der Waals surface area contributed by atoms with Crippen LogP contribution < -0.4 is 18.9 Å². The molecule has 5 heteroatoms. The van der Waals surface area contributed by atoms with E-state index in [2.05, 4.69) is 0 Å². The SMILES string of the molecule is CCOc1c(OC)cc(C=O)cc1Oc1cccc(OC)c1. The van der Waals surface area contributed by atoms with Crippen molar-refractivity contribution in [3.05, 3.63) is 42.0 Å². The summed E-state index contributed by atoms with van der Waals surface area (Å²) in [5.41, 5.74) is 0.443. The summed E-state index contributed by atoms with van der Waals surface area (Å²) in [6, 6.07) is 10.4. The van der Waals surface area contributed by atoms with Crippen molar-refractivity contribution in [3.8, 4) is 28.7 Å². The van der Waals surface area contributed by atoms with Gasteiger partial charge in [-0.2, -0.15) is 0 Å². The number of rotatable bonds is 7. The van der Waals surface area contributed by atoms with E-state index in [-0.39, 0.29) is 0 Å². The Morgan fingerprint density at radius 1 is 1.00 bits per heavy atom. The van der Waals surface area contributed by atoms with Gasteiger partial charge in [-0.05, 0) is 31.2 Å². The van der Waals surface area contributed by atoms with Gasteiger partial charge in [0.25, 0.3) is 0 Å². The summed E-state index contributed by atoms with van der Waals surface area (Å²) in [6.07, 6.45) is 0.733. The molecule has 22 heavy (non-hydrogen) atoms. The average molecular weight is 302 g/mol. The third-order valence-corrected chi connectivity index (χ3v) is 2.96. The smallest absolute Gasteiger partial charge is 0.204 e. The summed E-state index contributed by atoms with van der Waals surface area (Å²) in [4.78, 5) is 11.1. The molecule has 116 valence electrons. The third-order valence-electron chi connectivity index (χ3n) is 2.96. The molecule has 0 N–H and O–H groups in total. The molecular formula is C17H18O5. The molecule has 0 heterocycles. The second kappa shape index (κ2) is 7.36. The van der Waals surface area contributed by atoms with Crippen LogP contribution in [0, 0.1) is 0 Å². The van der Waals surface area contributed by atoms with Crippen LogP contribution in [0.5, 0.6) is 28.7 Å². The first kappa shape index (κ1) is 15.7. The molecule has 0 saturated carbocycles. The molecule has 0 bridgehead atoms. The quantitative estimate of drug-likeness (QED) is 0.730. The molecule has 2 aromatic carbocycles. The van der Waals surface area contributed by atoms with E-state index in [1.165, 1.54) is 7.11 Å². The molecule has 0 unspecified atom stereocenters. The summed E-state index contributed by atoms with van der Waals surface area (Å²) in [7, 11) is 3.10. The second-order valence-electron chi connectivity index (χ2n) is 4.38. The van der Waals surface area contributed by atoms with Crippen LogP contribution in [-0.4, -0.2) is 27.1 Å². The van der Waals surface area contributed by atoms with Crippen LogP contribution in [0.25, 0.3) is 0 Å². The molecule has 0 amide bonds. The highest BCUT2D eigenvalue weighted by Gasteiger charge is 2.15. The zero-order chi connectivity index (χ0) is 15.9. The fourth-order valence-electron chi connectivity index (χ4n) is 1.97. The molecule has 0 aliphatic carbocycles. The maximum absolute atomic E-state index is 11.1. The molecule has 0 aromatic heterocycles. The van der Waals surface area contributed by atoms with Crippen molar-refractivity contribution < 1.29 is 23.7 Å². The average Bonchev–Trinajstić information content (AvgIpc) is 2.56. The number of carbonyl (C=O) groups is 1. The molecule has 0 atom stereocenters. The number of hydrogen-bond donors (Lipinski definition) is 0. The van der Waals surface area contributed by atoms with Gasteiger partial charge in [-0.3, -0.25) is 4.79 Å². The largest absolute Gasteiger partial charge is 0.497 e. The molecule has 0 spiro atoms. The highest BCUT2D eigenvalue weighted by Crippen LogP contribution is 2.41. The molecule has 2 rings (SSSR count).